The molecule has 1 aliphatic rings. The highest BCUT2D eigenvalue weighted by atomic mass is 19.2. The van der Waals surface area contributed by atoms with Gasteiger partial charge in [-0.05, 0) is 18.1 Å². The van der Waals surface area contributed by atoms with Crippen LogP contribution in [0.25, 0.3) is 0 Å². The van der Waals surface area contributed by atoms with Gasteiger partial charge in [-0.15, -0.1) is 0 Å². The fourth-order valence-corrected chi connectivity index (χ4v) is 1.62. The molecule has 2 N–H and O–H groups in total. The van der Waals surface area contributed by atoms with Crippen LogP contribution in [0.4, 0.5) is 14.5 Å². The molecule has 0 bridgehead atoms. The molecular weight excluding hydrogens is 220 g/mol. The predicted molar refractivity (Wildman–Crippen MR) is 49.8 cm³/mol. The molecule has 1 aliphatic heterocycles. The molecule has 1 aromatic carbocycles. The fourth-order valence-electron chi connectivity index (χ4n) is 1.62. The molecule has 4 nitrogen and oxygen atoms in total. The van der Waals surface area contributed by atoms with Crippen LogP contribution < -0.4 is 5.32 Å². The number of anilines is 1. The Morgan fingerprint density at radius 2 is 2.12 bits per heavy atom. The lowest BCUT2D eigenvalue weighted by Crippen LogP contribution is -2.35. The van der Waals surface area contributed by atoms with E-state index in [0.717, 1.165) is 6.07 Å². The normalized spacial score (nSPS) is 18.9. The van der Waals surface area contributed by atoms with Crippen molar-refractivity contribution in [2.24, 2.45) is 5.92 Å². The van der Waals surface area contributed by atoms with Crippen LogP contribution in [0.1, 0.15) is 5.56 Å². The van der Waals surface area contributed by atoms with Gasteiger partial charge in [0.15, 0.2) is 11.6 Å². The maximum Gasteiger partial charge on any atom is 0.316 e. The van der Waals surface area contributed by atoms with Crippen LogP contribution in [0.5, 0.6) is 0 Å². The summed E-state index contributed by atoms with van der Waals surface area (Å²) in [5.74, 6) is -5.60. The third kappa shape index (κ3) is 1.52. The molecule has 1 aromatic rings. The summed E-state index contributed by atoms with van der Waals surface area (Å²) in [6, 6.07) is 2.17. The number of rotatable bonds is 1. The van der Waals surface area contributed by atoms with E-state index in [4.69, 9.17) is 5.11 Å². The second kappa shape index (κ2) is 3.55. The molecule has 0 aliphatic carbocycles. The minimum atomic E-state index is -1.28. The van der Waals surface area contributed by atoms with Crippen LogP contribution in [0.2, 0.25) is 0 Å². The monoisotopic (exact) mass is 227 g/mol. The first-order chi connectivity index (χ1) is 7.50. The SMILES string of the molecule is O=C(O)C1Cc2ccc(F)c(F)c2NC1=O. The lowest BCUT2D eigenvalue weighted by atomic mass is 9.93. The molecule has 0 radical (unpaired) electrons. The van der Waals surface area contributed by atoms with Gasteiger partial charge in [-0.3, -0.25) is 9.59 Å². The zero-order valence-electron chi connectivity index (χ0n) is 7.96. The van der Waals surface area contributed by atoms with E-state index in [1.54, 1.807) is 0 Å². The minimum Gasteiger partial charge on any atom is -0.481 e. The zero-order chi connectivity index (χ0) is 11.9. The molecular formula is C10H7F2NO3. The molecule has 16 heavy (non-hydrogen) atoms. The van der Waals surface area contributed by atoms with Crippen LogP contribution >= 0.6 is 0 Å². The Hall–Kier alpha value is -1.98. The largest absolute Gasteiger partial charge is 0.481 e. The zero-order valence-corrected chi connectivity index (χ0v) is 7.96. The summed E-state index contributed by atoms with van der Waals surface area (Å²) < 4.78 is 26.1. The van der Waals surface area contributed by atoms with E-state index in [2.05, 4.69) is 5.32 Å². The first-order valence-electron chi connectivity index (χ1n) is 4.51. The first-order valence-corrected chi connectivity index (χ1v) is 4.51. The number of carbonyl (C=O) groups is 2. The average molecular weight is 227 g/mol. The number of benzene rings is 1. The second-order valence-electron chi connectivity index (χ2n) is 3.48. The highest BCUT2D eigenvalue weighted by Gasteiger charge is 2.33. The molecule has 0 fully saturated rings. The van der Waals surface area contributed by atoms with Crippen LogP contribution in [0, 0.1) is 17.6 Å². The average Bonchev–Trinajstić information content (AvgIpc) is 2.23. The van der Waals surface area contributed by atoms with Crippen LogP contribution in [-0.4, -0.2) is 17.0 Å². The molecule has 2 rings (SSSR count). The number of hydrogen-bond donors (Lipinski definition) is 2. The topological polar surface area (TPSA) is 66.4 Å². The third-order valence-corrected chi connectivity index (χ3v) is 2.47. The minimum absolute atomic E-state index is 0.131. The van der Waals surface area contributed by atoms with E-state index in [0.29, 0.717) is 0 Å². The third-order valence-electron chi connectivity index (χ3n) is 2.47. The molecule has 6 heteroatoms. The van der Waals surface area contributed by atoms with E-state index < -0.39 is 29.4 Å². The van der Waals surface area contributed by atoms with Gasteiger partial charge in [-0.25, -0.2) is 8.78 Å². The number of amides is 1. The molecule has 0 aromatic heterocycles. The van der Waals surface area contributed by atoms with E-state index in [1.807, 2.05) is 0 Å². The van der Waals surface area contributed by atoms with Crippen LogP contribution in [0.15, 0.2) is 12.1 Å². The molecule has 0 spiro atoms. The van der Waals surface area contributed by atoms with Gasteiger partial charge in [-0.1, -0.05) is 6.07 Å². The van der Waals surface area contributed by atoms with Crippen molar-refractivity contribution < 1.29 is 23.5 Å². The standard InChI is InChI=1S/C10H7F2NO3/c11-6-2-1-4-3-5(10(15)16)9(14)13-8(4)7(6)12/h1-2,5H,3H2,(H,13,14)(H,15,16). The Balaban J connectivity index is 2.46. The summed E-state index contributed by atoms with van der Waals surface area (Å²) in [7, 11) is 0. The van der Waals surface area contributed by atoms with E-state index in [1.165, 1.54) is 6.07 Å². The number of aliphatic carboxylic acids is 1. The van der Waals surface area contributed by atoms with Crippen molar-refractivity contribution in [2.45, 2.75) is 6.42 Å². The lowest BCUT2D eigenvalue weighted by molar-refractivity contribution is -0.145. The highest BCUT2D eigenvalue weighted by Crippen LogP contribution is 2.29. The highest BCUT2D eigenvalue weighted by molar-refractivity contribution is 6.06. The van der Waals surface area contributed by atoms with Gasteiger partial charge in [0.05, 0.1) is 5.69 Å². The Morgan fingerprint density at radius 3 is 2.75 bits per heavy atom. The Morgan fingerprint density at radius 1 is 1.44 bits per heavy atom. The summed E-state index contributed by atoms with van der Waals surface area (Å²) in [6.07, 6.45) is -0.131. The van der Waals surface area contributed by atoms with Crippen molar-refractivity contribution in [3.05, 3.63) is 29.3 Å². The number of carboxylic acid groups (broad SMARTS) is 1. The van der Waals surface area contributed by atoms with Crippen LogP contribution in [0.3, 0.4) is 0 Å². The Labute approximate surface area is 88.9 Å². The van der Waals surface area contributed by atoms with Gasteiger partial charge >= 0.3 is 5.97 Å². The predicted octanol–water partition coefficient (Wildman–Crippen LogP) is 1.16. The Kier molecular flexibility index (Phi) is 2.34. The maximum absolute atomic E-state index is 13.2. The molecule has 1 heterocycles. The number of halogens is 2. The van der Waals surface area contributed by atoms with Crippen molar-refractivity contribution >= 4 is 17.6 Å². The van der Waals surface area contributed by atoms with Crippen molar-refractivity contribution in [1.29, 1.82) is 0 Å². The first kappa shape index (κ1) is 10.5. The molecule has 1 unspecified atom stereocenters. The summed E-state index contributed by atoms with van der Waals surface area (Å²) in [6.45, 7) is 0. The smallest absolute Gasteiger partial charge is 0.316 e. The van der Waals surface area contributed by atoms with Crippen molar-refractivity contribution in [2.75, 3.05) is 5.32 Å². The number of nitrogens with one attached hydrogen (secondary N) is 1. The molecule has 0 saturated heterocycles. The molecule has 84 valence electrons. The molecule has 1 amide bonds. The molecule has 1 atom stereocenters. The van der Waals surface area contributed by atoms with Gasteiger partial charge in [0.25, 0.3) is 0 Å². The van der Waals surface area contributed by atoms with Crippen molar-refractivity contribution in [3.8, 4) is 0 Å². The van der Waals surface area contributed by atoms with Gasteiger partial charge < -0.3 is 10.4 Å². The van der Waals surface area contributed by atoms with E-state index >= 15 is 0 Å². The van der Waals surface area contributed by atoms with Crippen molar-refractivity contribution in [3.63, 3.8) is 0 Å². The van der Waals surface area contributed by atoms with Crippen LogP contribution in [-0.2, 0) is 16.0 Å². The lowest BCUT2D eigenvalue weighted by Gasteiger charge is -2.22. The maximum atomic E-state index is 13.2. The molecule has 0 saturated carbocycles. The second-order valence-corrected chi connectivity index (χ2v) is 3.48. The fraction of sp³-hybridized carbons (Fsp3) is 0.200. The quantitative estimate of drug-likeness (QED) is 0.707. The van der Waals surface area contributed by atoms with Gasteiger partial charge in [-0.2, -0.15) is 0 Å². The van der Waals surface area contributed by atoms with Gasteiger partial charge in [0.2, 0.25) is 5.91 Å². The summed E-state index contributed by atoms with van der Waals surface area (Å²) in [5, 5.41) is 10.8. The summed E-state index contributed by atoms with van der Waals surface area (Å²) in [5.41, 5.74) is 0.0217. The number of carbonyl (C=O) groups excluding carboxylic acids is 1. The van der Waals surface area contributed by atoms with Crippen molar-refractivity contribution in [1.82, 2.24) is 0 Å². The summed E-state index contributed by atoms with van der Waals surface area (Å²) >= 11 is 0. The Bertz CT molecular complexity index is 487. The summed E-state index contributed by atoms with van der Waals surface area (Å²) in [4.78, 5) is 22.0. The van der Waals surface area contributed by atoms with Gasteiger partial charge in [0, 0.05) is 0 Å². The van der Waals surface area contributed by atoms with E-state index in [-0.39, 0.29) is 17.7 Å². The number of fused-ring (bicyclic) bond motifs is 1. The number of carboxylic acids is 1. The number of hydrogen-bond acceptors (Lipinski definition) is 2. The van der Waals surface area contributed by atoms with E-state index in [9.17, 15) is 18.4 Å². The van der Waals surface area contributed by atoms with Gasteiger partial charge in [0.1, 0.15) is 5.92 Å².